The van der Waals surface area contributed by atoms with Crippen LogP contribution in [0.4, 0.5) is 0 Å². The maximum atomic E-state index is 13.0. The summed E-state index contributed by atoms with van der Waals surface area (Å²) in [5, 5.41) is 0.944. The summed E-state index contributed by atoms with van der Waals surface area (Å²) in [7, 11) is 0. The topological polar surface area (TPSA) is 56.3 Å². The van der Waals surface area contributed by atoms with Crippen molar-refractivity contribution in [3.05, 3.63) is 102 Å². The zero-order valence-corrected chi connectivity index (χ0v) is 16.6. The lowest BCUT2D eigenvalue weighted by molar-refractivity contribution is -0.149. The standard InChI is InChI=1S/C26H21NO3/c1-18(28)24(26(29)30-17-19-10-4-2-5-11-19)25-22(20-12-6-3-7-13-20)16-21-14-8-9-15-23(21)27-25/h2-16,24H,17H2,1H3. The summed E-state index contributed by atoms with van der Waals surface area (Å²) < 4.78 is 5.51. The van der Waals surface area contributed by atoms with E-state index in [0.717, 1.165) is 27.6 Å². The summed E-state index contributed by atoms with van der Waals surface area (Å²) in [5.41, 5.74) is 3.67. The van der Waals surface area contributed by atoms with E-state index in [2.05, 4.69) is 0 Å². The maximum absolute atomic E-state index is 13.0. The minimum Gasteiger partial charge on any atom is -0.460 e. The van der Waals surface area contributed by atoms with Crippen molar-refractivity contribution in [2.24, 2.45) is 0 Å². The highest BCUT2D eigenvalue weighted by Gasteiger charge is 2.31. The highest BCUT2D eigenvalue weighted by molar-refractivity contribution is 6.05. The summed E-state index contributed by atoms with van der Waals surface area (Å²) >= 11 is 0. The summed E-state index contributed by atoms with van der Waals surface area (Å²) in [5.74, 6) is -1.98. The number of carbonyl (C=O) groups is 2. The molecule has 1 aromatic heterocycles. The molecule has 30 heavy (non-hydrogen) atoms. The Bertz CT molecular complexity index is 1190. The van der Waals surface area contributed by atoms with Gasteiger partial charge in [0.1, 0.15) is 12.4 Å². The zero-order valence-electron chi connectivity index (χ0n) is 16.6. The molecule has 4 heteroatoms. The van der Waals surface area contributed by atoms with Crippen LogP contribution in [0.25, 0.3) is 22.0 Å². The number of aromatic nitrogens is 1. The van der Waals surface area contributed by atoms with E-state index >= 15 is 0 Å². The van der Waals surface area contributed by atoms with Crippen molar-refractivity contribution in [1.82, 2.24) is 4.98 Å². The number of esters is 1. The lowest BCUT2D eigenvalue weighted by Crippen LogP contribution is -2.24. The summed E-state index contributed by atoms with van der Waals surface area (Å²) in [4.78, 5) is 30.3. The Hall–Kier alpha value is -3.79. The Morgan fingerprint density at radius 3 is 2.20 bits per heavy atom. The van der Waals surface area contributed by atoms with Gasteiger partial charge in [-0.3, -0.25) is 14.6 Å². The summed E-state index contributed by atoms with van der Waals surface area (Å²) in [6.07, 6.45) is 0. The number of rotatable bonds is 6. The second kappa shape index (κ2) is 8.70. The number of para-hydroxylation sites is 1. The first-order chi connectivity index (χ1) is 14.6. The molecule has 4 aromatic rings. The summed E-state index contributed by atoms with van der Waals surface area (Å²) in [6, 6.07) is 28.7. The van der Waals surface area contributed by atoms with Gasteiger partial charge < -0.3 is 4.74 Å². The van der Waals surface area contributed by atoms with Crippen LogP contribution >= 0.6 is 0 Å². The Morgan fingerprint density at radius 1 is 0.867 bits per heavy atom. The van der Waals surface area contributed by atoms with Gasteiger partial charge in [0.05, 0.1) is 11.2 Å². The van der Waals surface area contributed by atoms with Crippen LogP contribution in [-0.2, 0) is 20.9 Å². The van der Waals surface area contributed by atoms with E-state index in [0.29, 0.717) is 5.69 Å². The van der Waals surface area contributed by atoms with Gasteiger partial charge in [0.2, 0.25) is 0 Å². The second-order valence-electron chi connectivity index (χ2n) is 7.12. The first-order valence-corrected chi connectivity index (χ1v) is 9.79. The lowest BCUT2D eigenvalue weighted by Gasteiger charge is -2.18. The number of ether oxygens (including phenoxy) is 1. The van der Waals surface area contributed by atoms with Crippen molar-refractivity contribution in [3.8, 4) is 11.1 Å². The van der Waals surface area contributed by atoms with Gasteiger partial charge in [-0.05, 0) is 30.2 Å². The molecule has 0 radical (unpaired) electrons. The van der Waals surface area contributed by atoms with Gasteiger partial charge in [-0.15, -0.1) is 0 Å². The number of hydrogen-bond donors (Lipinski definition) is 0. The first kappa shape index (κ1) is 19.5. The minimum absolute atomic E-state index is 0.109. The molecule has 4 nitrogen and oxygen atoms in total. The molecule has 0 bridgehead atoms. The largest absolute Gasteiger partial charge is 0.460 e. The number of nitrogens with zero attached hydrogens (tertiary/aromatic N) is 1. The molecule has 0 aliphatic heterocycles. The van der Waals surface area contributed by atoms with Crippen molar-refractivity contribution >= 4 is 22.7 Å². The van der Waals surface area contributed by atoms with Crippen LogP contribution in [0.5, 0.6) is 0 Å². The van der Waals surface area contributed by atoms with E-state index in [1.54, 1.807) is 0 Å². The first-order valence-electron chi connectivity index (χ1n) is 9.79. The number of pyridine rings is 1. The third-order valence-corrected chi connectivity index (χ3v) is 4.98. The smallest absolute Gasteiger partial charge is 0.322 e. The molecule has 3 aromatic carbocycles. The van der Waals surface area contributed by atoms with Crippen LogP contribution in [0.3, 0.4) is 0 Å². The zero-order chi connectivity index (χ0) is 20.9. The molecule has 0 aliphatic rings. The SMILES string of the molecule is CC(=O)C(C(=O)OCc1ccccc1)c1nc2ccccc2cc1-c1ccccc1. The van der Waals surface area contributed by atoms with E-state index < -0.39 is 11.9 Å². The van der Waals surface area contributed by atoms with Crippen molar-refractivity contribution in [1.29, 1.82) is 0 Å². The van der Waals surface area contributed by atoms with E-state index in [1.165, 1.54) is 6.92 Å². The Labute approximate surface area is 175 Å². The number of ketones is 1. The van der Waals surface area contributed by atoms with Crippen molar-refractivity contribution in [3.63, 3.8) is 0 Å². The van der Waals surface area contributed by atoms with E-state index in [-0.39, 0.29) is 12.4 Å². The molecule has 0 N–H and O–H groups in total. The van der Waals surface area contributed by atoms with Crippen molar-refractivity contribution < 1.29 is 14.3 Å². The summed E-state index contributed by atoms with van der Waals surface area (Å²) in [6.45, 7) is 1.51. The molecule has 0 fully saturated rings. The van der Waals surface area contributed by atoms with Gasteiger partial charge in [0, 0.05) is 10.9 Å². The highest BCUT2D eigenvalue weighted by atomic mass is 16.5. The van der Waals surface area contributed by atoms with Crippen LogP contribution in [0.1, 0.15) is 24.1 Å². The van der Waals surface area contributed by atoms with Gasteiger partial charge in [0.15, 0.2) is 5.92 Å². The Balaban J connectivity index is 1.77. The van der Waals surface area contributed by atoms with Crippen LogP contribution in [0.2, 0.25) is 0 Å². The number of hydrogen-bond acceptors (Lipinski definition) is 4. The highest BCUT2D eigenvalue weighted by Crippen LogP contribution is 2.32. The molecule has 4 rings (SSSR count). The number of carbonyl (C=O) groups excluding carboxylic acids is 2. The monoisotopic (exact) mass is 395 g/mol. The minimum atomic E-state index is -1.09. The maximum Gasteiger partial charge on any atom is 0.322 e. The van der Waals surface area contributed by atoms with Crippen LogP contribution in [0.15, 0.2) is 91.0 Å². The fourth-order valence-electron chi connectivity index (χ4n) is 3.48. The molecule has 0 spiro atoms. The number of fused-ring (bicyclic) bond motifs is 1. The molecule has 1 heterocycles. The van der Waals surface area contributed by atoms with Crippen LogP contribution < -0.4 is 0 Å². The van der Waals surface area contributed by atoms with Crippen molar-refractivity contribution in [2.45, 2.75) is 19.4 Å². The third kappa shape index (κ3) is 4.13. The van der Waals surface area contributed by atoms with Gasteiger partial charge in [-0.1, -0.05) is 78.9 Å². The van der Waals surface area contributed by atoms with Gasteiger partial charge in [-0.25, -0.2) is 0 Å². The molecule has 0 saturated carbocycles. The number of benzene rings is 3. The van der Waals surface area contributed by atoms with Crippen molar-refractivity contribution in [2.75, 3.05) is 0 Å². The lowest BCUT2D eigenvalue weighted by atomic mass is 9.91. The predicted molar refractivity (Wildman–Crippen MR) is 117 cm³/mol. The fraction of sp³-hybridized carbons (Fsp3) is 0.115. The van der Waals surface area contributed by atoms with Gasteiger partial charge in [-0.2, -0.15) is 0 Å². The Kier molecular flexibility index (Phi) is 5.66. The fourth-order valence-corrected chi connectivity index (χ4v) is 3.48. The molecule has 0 saturated heterocycles. The molecule has 1 atom stereocenters. The van der Waals surface area contributed by atoms with Crippen LogP contribution in [-0.4, -0.2) is 16.7 Å². The predicted octanol–water partition coefficient (Wildman–Crippen LogP) is 5.32. The normalized spacial score (nSPS) is 11.8. The number of Topliss-reactive ketones (excluding diaryl/α,β-unsaturated/α-hetero) is 1. The molecule has 0 amide bonds. The Morgan fingerprint density at radius 2 is 1.50 bits per heavy atom. The molecular formula is C26H21NO3. The molecule has 148 valence electrons. The average molecular weight is 395 g/mol. The third-order valence-electron chi connectivity index (χ3n) is 4.98. The van der Waals surface area contributed by atoms with E-state index in [4.69, 9.17) is 9.72 Å². The van der Waals surface area contributed by atoms with E-state index in [1.807, 2.05) is 91.0 Å². The average Bonchev–Trinajstić information content (AvgIpc) is 2.78. The van der Waals surface area contributed by atoms with Crippen LogP contribution in [0, 0.1) is 0 Å². The molecule has 1 unspecified atom stereocenters. The van der Waals surface area contributed by atoms with E-state index in [9.17, 15) is 9.59 Å². The second-order valence-corrected chi connectivity index (χ2v) is 7.12. The molecular weight excluding hydrogens is 374 g/mol. The van der Waals surface area contributed by atoms with Gasteiger partial charge in [0.25, 0.3) is 0 Å². The quantitative estimate of drug-likeness (QED) is 0.328. The molecule has 0 aliphatic carbocycles. The van der Waals surface area contributed by atoms with Gasteiger partial charge >= 0.3 is 5.97 Å².